The van der Waals surface area contributed by atoms with Gasteiger partial charge in [-0.05, 0) is 42.3 Å². The van der Waals surface area contributed by atoms with Crippen molar-refractivity contribution in [2.75, 3.05) is 20.8 Å². The first-order valence-corrected chi connectivity index (χ1v) is 8.58. The smallest absolute Gasteiger partial charge is 0.244 e. The van der Waals surface area contributed by atoms with Gasteiger partial charge in [0, 0.05) is 12.6 Å². The zero-order valence-corrected chi connectivity index (χ0v) is 15.3. The molecule has 0 bridgehead atoms. The Bertz CT molecular complexity index is 970. The van der Waals surface area contributed by atoms with Crippen molar-refractivity contribution < 1.29 is 14.3 Å². The highest BCUT2D eigenvalue weighted by atomic mass is 16.5. The number of nitrogens with one attached hydrogen (secondary N) is 1. The second-order valence-electron chi connectivity index (χ2n) is 5.85. The van der Waals surface area contributed by atoms with Crippen LogP contribution in [0, 0.1) is 0 Å². The summed E-state index contributed by atoms with van der Waals surface area (Å²) in [6.07, 6.45) is 5.46. The molecule has 0 radical (unpaired) electrons. The van der Waals surface area contributed by atoms with Crippen molar-refractivity contribution >= 4 is 23.0 Å². The van der Waals surface area contributed by atoms with Crippen molar-refractivity contribution in [3.8, 4) is 11.5 Å². The van der Waals surface area contributed by atoms with Gasteiger partial charge in [0.05, 0.1) is 37.1 Å². The molecule has 0 aliphatic rings. The van der Waals surface area contributed by atoms with Crippen molar-refractivity contribution in [2.45, 2.75) is 6.42 Å². The third kappa shape index (κ3) is 4.82. The van der Waals surface area contributed by atoms with Crippen LogP contribution in [0.25, 0.3) is 17.1 Å². The first-order chi connectivity index (χ1) is 13.2. The van der Waals surface area contributed by atoms with E-state index in [2.05, 4.69) is 15.3 Å². The lowest BCUT2D eigenvalue weighted by atomic mass is 10.1. The molecule has 2 aromatic carbocycles. The van der Waals surface area contributed by atoms with E-state index in [1.807, 2.05) is 42.5 Å². The molecule has 0 saturated heterocycles. The van der Waals surface area contributed by atoms with Gasteiger partial charge >= 0.3 is 0 Å². The fourth-order valence-corrected chi connectivity index (χ4v) is 2.64. The van der Waals surface area contributed by atoms with Gasteiger partial charge in [-0.25, -0.2) is 4.98 Å². The predicted molar refractivity (Wildman–Crippen MR) is 105 cm³/mol. The Morgan fingerprint density at radius 1 is 1.07 bits per heavy atom. The third-order valence-electron chi connectivity index (χ3n) is 4.03. The fraction of sp³-hybridized carbons (Fsp3) is 0.190. The Labute approximate surface area is 157 Å². The summed E-state index contributed by atoms with van der Waals surface area (Å²) in [5, 5.41) is 2.86. The van der Waals surface area contributed by atoms with Crippen molar-refractivity contribution in [3.05, 3.63) is 66.0 Å². The van der Waals surface area contributed by atoms with E-state index in [0.717, 1.165) is 16.6 Å². The van der Waals surface area contributed by atoms with Crippen LogP contribution in [-0.2, 0) is 11.2 Å². The number of amides is 1. The van der Waals surface area contributed by atoms with Gasteiger partial charge in [-0.15, -0.1) is 0 Å². The number of carbonyl (C=O) groups excluding carboxylic acids is 1. The molecule has 0 aliphatic heterocycles. The number of para-hydroxylation sites is 2. The van der Waals surface area contributed by atoms with Gasteiger partial charge in [-0.3, -0.25) is 9.78 Å². The number of hydrogen-bond donors (Lipinski definition) is 1. The van der Waals surface area contributed by atoms with Crippen molar-refractivity contribution in [2.24, 2.45) is 0 Å². The normalized spacial score (nSPS) is 10.9. The summed E-state index contributed by atoms with van der Waals surface area (Å²) in [6, 6.07) is 13.3. The zero-order valence-electron chi connectivity index (χ0n) is 15.3. The second-order valence-corrected chi connectivity index (χ2v) is 5.85. The molecular formula is C21H21N3O3. The van der Waals surface area contributed by atoms with Crippen LogP contribution in [0.15, 0.2) is 54.7 Å². The number of hydrogen-bond acceptors (Lipinski definition) is 5. The van der Waals surface area contributed by atoms with Gasteiger partial charge in [-0.1, -0.05) is 18.2 Å². The summed E-state index contributed by atoms with van der Waals surface area (Å²) in [5.74, 6) is 1.19. The molecule has 138 valence electrons. The highest BCUT2D eigenvalue weighted by molar-refractivity contribution is 5.91. The Hall–Kier alpha value is -3.41. The molecule has 0 unspecified atom stereocenters. The molecule has 0 aliphatic carbocycles. The summed E-state index contributed by atoms with van der Waals surface area (Å²) >= 11 is 0. The minimum Gasteiger partial charge on any atom is -0.493 e. The number of fused-ring (bicyclic) bond motifs is 1. The molecular weight excluding hydrogens is 342 g/mol. The Morgan fingerprint density at radius 2 is 1.85 bits per heavy atom. The van der Waals surface area contributed by atoms with E-state index < -0.39 is 0 Å². The standard InChI is InChI=1S/C21H21N3O3/c1-26-19-9-7-15(13-20(19)27-2)11-12-22-21(25)10-8-16-14-23-17-5-3-4-6-18(17)24-16/h3-10,13-14H,11-12H2,1-2H3,(H,22,25)/b10-8+. The van der Waals surface area contributed by atoms with Crippen LogP contribution in [0.4, 0.5) is 0 Å². The van der Waals surface area contributed by atoms with Crippen molar-refractivity contribution in [1.82, 2.24) is 15.3 Å². The van der Waals surface area contributed by atoms with E-state index in [0.29, 0.717) is 30.2 Å². The number of carbonyl (C=O) groups is 1. The van der Waals surface area contributed by atoms with Crippen LogP contribution in [-0.4, -0.2) is 36.6 Å². The summed E-state index contributed by atoms with van der Waals surface area (Å²) < 4.78 is 10.5. The van der Waals surface area contributed by atoms with Gasteiger partial charge in [0.15, 0.2) is 11.5 Å². The van der Waals surface area contributed by atoms with Crippen molar-refractivity contribution in [1.29, 1.82) is 0 Å². The zero-order chi connectivity index (χ0) is 19.1. The van der Waals surface area contributed by atoms with Gasteiger partial charge in [0.1, 0.15) is 0 Å². The molecule has 1 amide bonds. The minimum atomic E-state index is -0.176. The Morgan fingerprint density at radius 3 is 2.63 bits per heavy atom. The van der Waals surface area contributed by atoms with E-state index >= 15 is 0 Å². The number of rotatable bonds is 7. The average molecular weight is 363 g/mol. The highest BCUT2D eigenvalue weighted by Crippen LogP contribution is 2.27. The van der Waals surface area contributed by atoms with Crippen molar-refractivity contribution in [3.63, 3.8) is 0 Å². The average Bonchev–Trinajstić information content (AvgIpc) is 2.72. The lowest BCUT2D eigenvalue weighted by Crippen LogP contribution is -2.23. The fourth-order valence-electron chi connectivity index (χ4n) is 2.64. The lowest BCUT2D eigenvalue weighted by Gasteiger charge is -2.09. The number of ether oxygens (including phenoxy) is 2. The van der Waals surface area contributed by atoms with Crippen LogP contribution in [0.1, 0.15) is 11.3 Å². The number of benzene rings is 2. The van der Waals surface area contributed by atoms with Gasteiger partial charge in [0.2, 0.25) is 5.91 Å². The second kappa shape index (κ2) is 8.80. The van der Waals surface area contributed by atoms with E-state index in [9.17, 15) is 4.79 Å². The molecule has 0 saturated carbocycles. The van der Waals surface area contributed by atoms with Crippen LogP contribution in [0.3, 0.4) is 0 Å². The topological polar surface area (TPSA) is 73.3 Å². The molecule has 1 aromatic heterocycles. The SMILES string of the molecule is COc1ccc(CCNC(=O)/C=C/c2cnc3ccccc3n2)cc1OC. The number of nitrogens with zero attached hydrogens (tertiary/aromatic N) is 2. The molecule has 1 N–H and O–H groups in total. The molecule has 6 nitrogen and oxygen atoms in total. The first kappa shape index (κ1) is 18.4. The maximum Gasteiger partial charge on any atom is 0.244 e. The molecule has 0 atom stereocenters. The Kier molecular flexibility index (Phi) is 5.99. The molecule has 1 heterocycles. The Balaban J connectivity index is 1.54. The summed E-state index contributed by atoms with van der Waals surface area (Å²) in [7, 11) is 3.20. The van der Waals surface area contributed by atoms with Gasteiger partial charge in [0.25, 0.3) is 0 Å². The first-order valence-electron chi connectivity index (χ1n) is 8.58. The number of aromatic nitrogens is 2. The summed E-state index contributed by atoms with van der Waals surface area (Å²) in [6.45, 7) is 0.516. The minimum absolute atomic E-state index is 0.176. The number of methoxy groups -OCH3 is 2. The molecule has 27 heavy (non-hydrogen) atoms. The van der Waals surface area contributed by atoms with Gasteiger partial charge < -0.3 is 14.8 Å². The molecule has 0 fully saturated rings. The molecule has 6 heteroatoms. The largest absolute Gasteiger partial charge is 0.493 e. The summed E-state index contributed by atoms with van der Waals surface area (Å²) in [5.41, 5.74) is 3.32. The maximum atomic E-state index is 12.0. The van der Waals surface area contributed by atoms with Crippen LogP contribution in [0.5, 0.6) is 11.5 Å². The highest BCUT2D eigenvalue weighted by Gasteiger charge is 2.05. The predicted octanol–water partition coefficient (Wildman–Crippen LogP) is 3.02. The van der Waals surface area contributed by atoms with E-state index in [-0.39, 0.29) is 5.91 Å². The molecule has 3 aromatic rings. The van der Waals surface area contributed by atoms with Gasteiger partial charge in [-0.2, -0.15) is 0 Å². The lowest BCUT2D eigenvalue weighted by molar-refractivity contribution is -0.116. The van der Waals surface area contributed by atoms with E-state index in [1.54, 1.807) is 26.5 Å². The summed E-state index contributed by atoms with van der Waals surface area (Å²) in [4.78, 5) is 20.8. The molecule has 0 spiro atoms. The van der Waals surface area contributed by atoms with Crippen LogP contribution >= 0.6 is 0 Å². The third-order valence-corrected chi connectivity index (χ3v) is 4.03. The maximum absolute atomic E-state index is 12.0. The monoisotopic (exact) mass is 363 g/mol. The molecule has 3 rings (SSSR count). The van der Waals surface area contributed by atoms with Crippen LogP contribution < -0.4 is 14.8 Å². The van der Waals surface area contributed by atoms with E-state index in [4.69, 9.17) is 9.47 Å². The van der Waals surface area contributed by atoms with E-state index in [1.165, 1.54) is 6.08 Å². The quantitative estimate of drug-likeness (QED) is 0.653. The van der Waals surface area contributed by atoms with Crippen LogP contribution in [0.2, 0.25) is 0 Å².